The molecule has 0 fully saturated rings. The molecule has 0 heterocycles. The Morgan fingerprint density at radius 2 is 1.62 bits per heavy atom. The SMILES string of the molecule is CCc1ccc([C@@H](C)NC(=O)Cc2ccc(OC)c(OC)c2)cc1. The van der Waals surface area contributed by atoms with Gasteiger partial charge in [-0.1, -0.05) is 37.3 Å². The molecule has 0 aliphatic heterocycles. The number of methoxy groups -OCH3 is 2. The standard InChI is InChI=1S/C20H25NO3/c1-5-15-6-9-17(10-7-15)14(2)21-20(22)13-16-8-11-18(23-3)19(12-16)24-4/h6-12,14H,5,13H2,1-4H3,(H,21,22)/t14-/m1/s1. The molecule has 1 atom stereocenters. The Kier molecular flexibility index (Phi) is 6.24. The second-order valence-electron chi connectivity index (χ2n) is 5.75. The van der Waals surface area contributed by atoms with Crippen LogP contribution in [0, 0.1) is 0 Å². The molecular formula is C20H25NO3. The smallest absolute Gasteiger partial charge is 0.224 e. The van der Waals surface area contributed by atoms with Crippen molar-refractivity contribution < 1.29 is 14.3 Å². The maximum absolute atomic E-state index is 12.3. The lowest BCUT2D eigenvalue weighted by molar-refractivity contribution is -0.121. The summed E-state index contributed by atoms with van der Waals surface area (Å²) in [5.41, 5.74) is 3.29. The topological polar surface area (TPSA) is 47.6 Å². The molecule has 4 heteroatoms. The quantitative estimate of drug-likeness (QED) is 0.844. The number of nitrogens with one attached hydrogen (secondary N) is 1. The average molecular weight is 327 g/mol. The predicted octanol–water partition coefficient (Wildman–Crippen LogP) is 3.69. The summed E-state index contributed by atoms with van der Waals surface area (Å²) in [6.45, 7) is 4.12. The molecule has 0 unspecified atom stereocenters. The molecule has 1 N–H and O–H groups in total. The van der Waals surface area contributed by atoms with Crippen LogP contribution in [0.4, 0.5) is 0 Å². The lowest BCUT2D eigenvalue weighted by atomic mass is 10.0. The number of aryl methyl sites for hydroxylation is 1. The van der Waals surface area contributed by atoms with Crippen LogP contribution in [-0.4, -0.2) is 20.1 Å². The number of rotatable bonds is 7. The minimum absolute atomic E-state index is 0.0192. The van der Waals surface area contributed by atoms with Crippen molar-refractivity contribution in [2.75, 3.05) is 14.2 Å². The number of hydrogen-bond acceptors (Lipinski definition) is 3. The second-order valence-corrected chi connectivity index (χ2v) is 5.75. The highest BCUT2D eigenvalue weighted by molar-refractivity contribution is 5.79. The lowest BCUT2D eigenvalue weighted by Gasteiger charge is -2.15. The zero-order valence-electron chi connectivity index (χ0n) is 14.8. The van der Waals surface area contributed by atoms with Crippen molar-refractivity contribution in [1.29, 1.82) is 0 Å². The molecule has 128 valence electrons. The van der Waals surface area contributed by atoms with Crippen molar-refractivity contribution in [3.63, 3.8) is 0 Å². The molecule has 2 rings (SSSR count). The van der Waals surface area contributed by atoms with E-state index in [2.05, 4.69) is 36.5 Å². The molecule has 24 heavy (non-hydrogen) atoms. The van der Waals surface area contributed by atoms with Gasteiger partial charge in [-0.3, -0.25) is 4.79 Å². The van der Waals surface area contributed by atoms with Gasteiger partial charge in [0, 0.05) is 0 Å². The van der Waals surface area contributed by atoms with Crippen molar-refractivity contribution in [1.82, 2.24) is 5.32 Å². The molecule has 2 aromatic carbocycles. The van der Waals surface area contributed by atoms with E-state index in [1.54, 1.807) is 14.2 Å². The maximum Gasteiger partial charge on any atom is 0.224 e. The second kappa shape index (κ2) is 8.39. The number of hydrogen-bond donors (Lipinski definition) is 1. The van der Waals surface area contributed by atoms with Gasteiger partial charge in [-0.25, -0.2) is 0 Å². The summed E-state index contributed by atoms with van der Waals surface area (Å²) < 4.78 is 10.5. The number of carbonyl (C=O) groups is 1. The van der Waals surface area contributed by atoms with Crippen LogP contribution >= 0.6 is 0 Å². The van der Waals surface area contributed by atoms with Crippen LogP contribution < -0.4 is 14.8 Å². The van der Waals surface area contributed by atoms with Gasteiger partial charge in [0.2, 0.25) is 5.91 Å². The summed E-state index contributed by atoms with van der Waals surface area (Å²) in [4.78, 5) is 12.3. The molecule has 0 bridgehead atoms. The number of benzene rings is 2. The number of amides is 1. The molecule has 2 aromatic rings. The van der Waals surface area contributed by atoms with E-state index in [1.807, 2.05) is 25.1 Å². The van der Waals surface area contributed by atoms with Gasteiger partial charge in [0.15, 0.2) is 11.5 Å². The van der Waals surface area contributed by atoms with Crippen molar-refractivity contribution in [3.05, 3.63) is 59.2 Å². The first-order valence-electron chi connectivity index (χ1n) is 8.16. The van der Waals surface area contributed by atoms with E-state index < -0.39 is 0 Å². The lowest BCUT2D eigenvalue weighted by Crippen LogP contribution is -2.28. The highest BCUT2D eigenvalue weighted by atomic mass is 16.5. The summed E-state index contributed by atoms with van der Waals surface area (Å²) in [7, 11) is 3.18. The first-order valence-corrected chi connectivity index (χ1v) is 8.16. The zero-order valence-corrected chi connectivity index (χ0v) is 14.8. The minimum atomic E-state index is -0.0245. The molecule has 1 amide bonds. The van der Waals surface area contributed by atoms with E-state index in [0.29, 0.717) is 17.9 Å². The minimum Gasteiger partial charge on any atom is -0.493 e. The molecule has 0 saturated heterocycles. The van der Waals surface area contributed by atoms with Crippen LogP contribution in [0.2, 0.25) is 0 Å². The fourth-order valence-electron chi connectivity index (χ4n) is 2.59. The fraction of sp³-hybridized carbons (Fsp3) is 0.350. The van der Waals surface area contributed by atoms with Crippen molar-refractivity contribution in [3.8, 4) is 11.5 Å². The molecule has 0 aliphatic carbocycles. The molecule has 0 aromatic heterocycles. The summed E-state index contributed by atoms with van der Waals surface area (Å²) in [6.07, 6.45) is 1.32. The van der Waals surface area contributed by atoms with Gasteiger partial charge in [-0.15, -0.1) is 0 Å². The van der Waals surface area contributed by atoms with Crippen LogP contribution in [0.15, 0.2) is 42.5 Å². The Hall–Kier alpha value is -2.49. The van der Waals surface area contributed by atoms with Crippen LogP contribution in [0.25, 0.3) is 0 Å². The number of ether oxygens (including phenoxy) is 2. The fourth-order valence-corrected chi connectivity index (χ4v) is 2.59. The summed E-state index contributed by atoms with van der Waals surface area (Å²) in [6, 6.07) is 13.8. The summed E-state index contributed by atoms with van der Waals surface area (Å²) in [5, 5.41) is 3.04. The Labute approximate surface area is 143 Å². The molecule has 0 spiro atoms. The van der Waals surface area contributed by atoms with Gasteiger partial charge in [-0.05, 0) is 42.2 Å². The highest BCUT2D eigenvalue weighted by Gasteiger charge is 2.12. The van der Waals surface area contributed by atoms with Crippen molar-refractivity contribution in [2.45, 2.75) is 32.7 Å². The van der Waals surface area contributed by atoms with Gasteiger partial charge in [0.05, 0.1) is 26.7 Å². The normalized spacial score (nSPS) is 11.7. The van der Waals surface area contributed by atoms with Crippen molar-refractivity contribution in [2.24, 2.45) is 0 Å². The van der Waals surface area contributed by atoms with Crippen LogP contribution in [-0.2, 0) is 17.6 Å². The zero-order chi connectivity index (χ0) is 17.5. The van der Waals surface area contributed by atoms with Crippen LogP contribution in [0.1, 0.15) is 36.6 Å². The third kappa shape index (κ3) is 4.51. The first-order chi connectivity index (χ1) is 11.6. The third-order valence-corrected chi connectivity index (χ3v) is 4.08. The first kappa shape index (κ1) is 17.9. The number of carbonyl (C=O) groups excluding carboxylic acids is 1. The maximum atomic E-state index is 12.3. The highest BCUT2D eigenvalue weighted by Crippen LogP contribution is 2.27. The van der Waals surface area contributed by atoms with E-state index in [1.165, 1.54) is 5.56 Å². The molecular weight excluding hydrogens is 302 g/mol. The Morgan fingerprint density at radius 3 is 2.21 bits per heavy atom. The summed E-state index contributed by atoms with van der Waals surface area (Å²) in [5.74, 6) is 1.27. The molecule has 4 nitrogen and oxygen atoms in total. The van der Waals surface area contributed by atoms with Crippen LogP contribution in [0.3, 0.4) is 0 Å². The van der Waals surface area contributed by atoms with Gasteiger partial charge in [0.1, 0.15) is 0 Å². The molecule has 0 saturated carbocycles. The molecule has 0 radical (unpaired) electrons. The van der Waals surface area contributed by atoms with E-state index in [-0.39, 0.29) is 11.9 Å². The van der Waals surface area contributed by atoms with Crippen molar-refractivity contribution >= 4 is 5.91 Å². The van der Waals surface area contributed by atoms with Crippen LogP contribution in [0.5, 0.6) is 11.5 Å². The van der Waals surface area contributed by atoms with Gasteiger partial charge in [-0.2, -0.15) is 0 Å². The monoisotopic (exact) mass is 327 g/mol. The third-order valence-electron chi connectivity index (χ3n) is 4.08. The van der Waals surface area contributed by atoms with Gasteiger partial charge in [0.25, 0.3) is 0 Å². The van der Waals surface area contributed by atoms with Gasteiger partial charge >= 0.3 is 0 Å². The van der Waals surface area contributed by atoms with E-state index in [4.69, 9.17) is 9.47 Å². The van der Waals surface area contributed by atoms with E-state index >= 15 is 0 Å². The van der Waals surface area contributed by atoms with Gasteiger partial charge < -0.3 is 14.8 Å². The average Bonchev–Trinajstić information content (AvgIpc) is 2.61. The molecule has 0 aliphatic rings. The largest absolute Gasteiger partial charge is 0.493 e. The Bertz CT molecular complexity index is 680. The van der Waals surface area contributed by atoms with E-state index in [0.717, 1.165) is 17.5 Å². The summed E-state index contributed by atoms with van der Waals surface area (Å²) >= 11 is 0. The Balaban J connectivity index is 1.99. The Morgan fingerprint density at radius 1 is 1.00 bits per heavy atom. The van der Waals surface area contributed by atoms with E-state index in [9.17, 15) is 4.79 Å². The predicted molar refractivity (Wildman–Crippen MR) is 95.6 cm³/mol.